The minimum absolute atomic E-state index is 0.396. The summed E-state index contributed by atoms with van der Waals surface area (Å²) in [6, 6.07) is 4.06. The van der Waals surface area contributed by atoms with Gasteiger partial charge in [0.25, 0.3) is 0 Å². The van der Waals surface area contributed by atoms with Gasteiger partial charge in [0.1, 0.15) is 11.5 Å². The molecule has 1 saturated heterocycles. The molecule has 0 amide bonds. The molecule has 1 spiro atoms. The van der Waals surface area contributed by atoms with Crippen molar-refractivity contribution in [2.24, 2.45) is 11.3 Å². The van der Waals surface area contributed by atoms with E-state index in [1.165, 1.54) is 25.5 Å². The third-order valence-corrected chi connectivity index (χ3v) is 5.67. The van der Waals surface area contributed by atoms with E-state index in [1.54, 1.807) is 0 Å². The van der Waals surface area contributed by atoms with E-state index in [0.29, 0.717) is 17.9 Å². The number of likely N-dealkylation sites (tertiary alicyclic amines) is 1. The van der Waals surface area contributed by atoms with E-state index < -0.39 is 10.0 Å². The average Bonchev–Trinajstić information content (AvgIpc) is 2.92. The number of nitrogens with one attached hydrogen (secondary N) is 1. The Morgan fingerprint density at radius 1 is 1.38 bits per heavy atom. The second-order valence-electron chi connectivity index (χ2n) is 6.67. The first kappa shape index (κ1) is 15.1. The molecule has 0 aromatic carbocycles. The van der Waals surface area contributed by atoms with Crippen LogP contribution in [0.1, 0.15) is 30.8 Å². The second kappa shape index (κ2) is 5.41. The zero-order valence-electron chi connectivity index (χ0n) is 12.8. The average molecular weight is 312 g/mol. The molecule has 0 bridgehead atoms. The predicted molar refractivity (Wildman–Crippen MR) is 81.3 cm³/mol. The van der Waals surface area contributed by atoms with Crippen LogP contribution in [0.3, 0.4) is 0 Å². The van der Waals surface area contributed by atoms with Crippen LogP contribution in [0.2, 0.25) is 0 Å². The van der Waals surface area contributed by atoms with Crippen LogP contribution in [0.5, 0.6) is 0 Å². The van der Waals surface area contributed by atoms with Crippen molar-refractivity contribution in [2.45, 2.75) is 32.7 Å². The number of hydrogen-bond donors (Lipinski definition) is 1. The molecule has 2 fully saturated rings. The number of aryl methyl sites for hydroxylation is 1. The lowest BCUT2D eigenvalue weighted by molar-refractivity contribution is 0.147. The fraction of sp³-hybridized carbons (Fsp3) is 0.733. The van der Waals surface area contributed by atoms with E-state index in [1.807, 2.05) is 13.0 Å². The highest BCUT2D eigenvalue weighted by Gasteiger charge is 2.54. The molecule has 1 aliphatic carbocycles. The Balaban J connectivity index is 1.46. The summed E-state index contributed by atoms with van der Waals surface area (Å²) >= 11 is 0. The number of nitrogens with zero attached hydrogens (tertiary/aromatic N) is 1. The molecule has 3 rings (SSSR count). The molecule has 0 radical (unpaired) electrons. The molecule has 2 aliphatic rings. The lowest BCUT2D eigenvalue weighted by Gasteiger charge is -2.32. The second-order valence-corrected chi connectivity index (χ2v) is 8.51. The van der Waals surface area contributed by atoms with Crippen molar-refractivity contribution in [1.82, 2.24) is 9.62 Å². The van der Waals surface area contributed by atoms with Crippen molar-refractivity contribution in [3.05, 3.63) is 23.7 Å². The molecule has 1 aromatic heterocycles. The predicted octanol–water partition coefficient (Wildman–Crippen LogP) is 1.74. The highest BCUT2D eigenvalue weighted by atomic mass is 32.2. The van der Waals surface area contributed by atoms with Crippen LogP contribution >= 0.6 is 0 Å². The minimum Gasteiger partial charge on any atom is -0.465 e. The van der Waals surface area contributed by atoms with Crippen LogP contribution in [-0.2, 0) is 16.6 Å². The zero-order valence-corrected chi connectivity index (χ0v) is 13.6. The van der Waals surface area contributed by atoms with Crippen molar-refractivity contribution >= 4 is 10.0 Å². The summed E-state index contributed by atoms with van der Waals surface area (Å²) in [6.07, 6.45) is 4.74. The van der Waals surface area contributed by atoms with E-state index in [4.69, 9.17) is 4.42 Å². The Hall–Kier alpha value is -0.850. The van der Waals surface area contributed by atoms with E-state index >= 15 is 0 Å². The van der Waals surface area contributed by atoms with Gasteiger partial charge >= 0.3 is 0 Å². The number of furan rings is 1. The summed E-state index contributed by atoms with van der Waals surface area (Å²) in [5.74, 6) is 2.53. The van der Waals surface area contributed by atoms with Crippen LogP contribution < -0.4 is 4.72 Å². The van der Waals surface area contributed by atoms with Crippen molar-refractivity contribution < 1.29 is 12.8 Å². The van der Waals surface area contributed by atoms with Gasteiger partial charge in [-0.15, -0.1) is 0 Å². The minimum atomic E-state index is -3.06. The molecular weight excluding hydrogens is 288 g/mol. The lowest BCUT2D eigenvalue weighted by atomic mass is 9.91. The quantitative estimate of drug-likeness (QED) is 0.899. The van der Waals surface area contributed by atoms with Gasteiger partial charge in [0.15, 0.2) is 0 Å². The van der Waals surface area contributed by atoms with E-state index in [9.17, 15) is 8.42 Å². The first-order valence-electron chi connectivity index (χ1n) is 7.59. The Labute approximate surface area is 126 Å². The third-order valence-electron chi connectivity index (χ3n) is 4.98. The summed E-state index contributed by atoms with van der Waals surface area (Å²) in [5.41, 5.74) is 0.396. The molecule has 1 N–H and O–H groups in total. The molecule has 1 saturated carbocycles. The normalized spacial score (nSPS) is 25.3. The van der Waals surface area contributed by atoms with Crippen LogP contribution in [0.25, 0.3) is 0 Å². The van der Waals surface area contributed by atoms with E-state index in [2.05, 4.69) is 15.7 Å². The standard InChI is InChI=1S/C15H24N2O3S/c1-12-3-4-14(20-12)11-17-7-5-15(6-8-17)9-13(15)10-16-21(2,18)19/h3-4,13,16H,5-11H2,1-2H3. The largest absolute Gasteiger partial charge is 0.465 e. The zero-order chi connectivity index (χ0) is 15.1. The van der Waals surface area contributed by atoms with E-state index in [-0.39, 0.29) is 0 Å². The van der Waals surface area contributed by atoms with Gasteiger partial charge in [0.05, 0.1) is 12.8 Å². The van der Waals surface area contributed by atoms with Crippen LogP contribution in [-0.4, -0.2) is 39.2 Å². The van der Waals surface area contributed by atoms with Crippen molar-refractivity contribution in [3.8, 4) is 0 Å². The maximum atomic E-state index is 11.2. The molecule has 1 atom stereocenters. The Morgan fingerprint density at radius 2 is 2.10 bits per heavy atom. The molecule has 6 heteroatoms. The van der Waals surface area contributed by atoms with Gasteiger partial charge in [-0.1, -0.05) is 0 Å². The van der Waals surface area contributed by atoms with Crippen LogP contribution in [0.15, 0.2) is 16.5 Å². The molecule has 1 aliphatic heterocycles. The molecule has 2 heterocycles. The summed E-state index contributed by atoms with van der Waals surface area (Å²) in [4.78, 5) is 2.43. The highest BCUT2D eigenvalue weighted by molar-refractivity contribution is 7.88. The van der Waals surface area contributed by atoms with Gasteiger partial charge in [-0.25, -0.2) is 13.1 Å². The summed E-state index contributed by atoms with van der Waals surface area (Å²) in [5, 5.41) is 0. The maximum Gasteiger partial charge on any atom is 0.208 e. The Morgan fingerprint density at radius 3 is 2.67 bits per heavy atom. The van der Waals surface area contributed by atoms with Crippen molar-refractivity contribution in [2.75, 3.05) is 25.9 Å². The van der Waals surface area contributed by atoms with Crippen molar-refractivity contribution in [3.63, 3.8) is 0 Å². The van der Waals surface area contributed by atoms with Gasteiger partial charge in [-0.2, -0.15) is 0 Å². The topological polar surface area (TPSA) is 62.6 Å². The molecular formula is C15H24N2O3S. The molecule has 118 valence electrons. The number of sulfonamides is 1. The fourth-order valence-corrected chi connectivity index (χ4v) is 4.04. The van der Waals surface area contributed by atoms with Gasteiger partial charge < -0.3 is 4.42 Å². The van der Waals surface area contributed by atoms with Crippen molar-refractivity contribution in [1.29, 1.82) is 0 Å². The number of piperidine rings is 1. The Bertz CT molecular complexity index is 600. The molecule has 1 aromatic rings. The monoisotopic (exact) mass is 312 g/mol. The third kappa shape index (κ3) is 3.67. The van der Waals surface area contributed by atoms with Crippen LogP contribution in [0, 0.1) is 18.3 Å². The smallest absolute Gasteiger partial charge is 0.208 e. The van der Waals surface area contributed by atoms with E-state index in [0.717, 1.165) is 31.2 Å². The summed E-state index contributed by atoms with van der Waals surface area (Å²) < 4.78 is 30.6. The summed E-state index contributed by atoms with van der Waals surface area (Å²) in [6.45, 7) is 5.62. The van der Waals surface area contributed by atoms with Gasteiger partial charge in [0, 0.05) is 6.54 Å². The highest BCUT2D eigenvalue weighted by Crippen LogP contribution is 2.59. The lowest BCUT2D eigenvalue weighted by Crippen LogP contribution is -2.35. The van der Waals surface area contributed by atoms with Crippen LogP contribution in [0.4, 0.5) is 0 Å². The SMILES string of the molecule is Cc1ccc(CN2CCC3(CC2)CC3CNS(C)(=O)=O)o1. The molecule has 5 nitrogen and oxygen atoms in total. The number of hydrogen-bond acceptors (Lipinski definition) is 4. The fourth-order valence-electron chi connectivity index (χ4n) is 3.53. The van der Waals surface area contributed by atoms with Gasteiger partial charge in [-0.05, 0) is 62.7 Å². The molecule has 21 heavy (non-hydrogen) atoms. The molecule has 1 unspecified atom stereocenters. The van der Waals surface area contributed by atoms with Gasteiger partial charge in [-0.3, -0.25) is 4.90 Å². The summed E-state index contributed by atoms with van der Waals surface area (Å²) in [7, 11) is -3.06. The first-order valence-corrected chi connectivity index (χ1v) is 9.48. The van der Waals surface area contributed by atoms with Gasteiger partial charge in [0.2, 0.25) is 10.0 Å². The first-order chi connectivity index (χ1) is 9.86. The maximum absolute atomic E-state index is 11.2. The number of rotatable bonds is 5. The Kier molecular flexibility index (Phi) is 3.88.